The average molecular weight is 278 g/mol. The molecular formula is C14H22N4O2. The molecule has 0 saturated heterocycles. The Morgan fingerprint density at radius 2 is 2.25 bits per heavy atom. The molecule has 0 bridgehead atoms. The fraction of sp³-hybridized carbons (Fsp3) is 0.643. The lowest BCUT2D eigenvalue weighted by atomic mass is 10.1. The van der Waals surface area contributed by atoms with Crippen LogP contribution in [0.3, 0.4) is 0 Å². The number of hydrogen-bond donors (Lipinski definition) is 2. The lowest BCUT2D eigenvalue weighted by Gasteiger charge is -2.17. The Kier molecular flexibility index (Phi) is 4.76. The number of rotatable bonds is 7. The van der Waals surface area contributed by atoms with E-state index in [4.69, 9.17) is 0 Å². The SMILES string of the molecule is CCC[C@@H](NC(C)=O)C(=O)NCc1cncn1C1CC1. The highest BCUT2D eigenvalue weighted by atomic mass is 16.2. The van der Waals surface area contributed by atoms with Crippen LogP contribution in [0.25, 0.3) is 0 Å². The third-order valence-electron chi connectivity index (χ3n) is 3.40. The van der Waals surface area contributed by atoms with Crippen LogP contribution < -0.4 is 10.6 Å². The van der Waals surface area contributed by atoms with Crippen LogP contribution in [0.5, 0.6) is 0 Å². The van der Waals surface area contributed by atoms with Gasteiger partial charge in [0, 0.05) is 19.2 Å². The van der Waals surface area contributed by atoms with E-state index in [1.54, 1.807) is 6.20 Å². The van der Waals surface area contributed by atoms with E-state index in [0.29, 0.717) is 19.0 Å². The van der Waals surface area contributed by atoms with E-state index < -0.39 is 6.04 Å². The summed E-state index contributed by atoms with van der Waals surface area (Å²) in [6.45, 7) is 3.87. The predicted molar refractivity (Wildman–Crippen MR) is 74.9 cm³/mol. The molecule has 2 amide bonds. The van der Waals surface area contributed by atoms with Crippen molar-refractivity contribution >= 4 is 11.8 Å². The maximum atomic E-state index is 12.1. The molecule has 6 nitrogen and oxygen atoms in total. The Labute approximate surface area is 119 Å². The molecule has 1 heterocycles. The molecule has 1 aromatic rings. The summed E-state index contributed by atoms with van der Waals surface area (Å²) in [4.78, 5) is 27.4. The summed E-state index contributed by atoms with van der Waals surface area (Å²) in [5.74, 6) is -0.313. The molecule has 0 spiro atoms. The second-order valence-corrected chi connectivity index (χ2v) is 5.28. The molecule has 6 heteroatoms. The Hall–Kier alpha value is -1.85. The fourth-order valence-corrected chi connectivity index (χ4v) is 2.25. The normalized spacial score (nSPS) is 15.7. The van der Waals surface area contributed by atoms with Crippen LogP contribution in [0.2, 0.25) is 0 Å². The summed E-state index contributed by atoms with van der Waals surface area (Å²) in [7, 11) is 0. The second kappa shape index (κ2) is 6.54. The summed E-state index contributed by atoms with van der Waals surface area (Å²) in [5.41, 5.74) is 1.01. The van der Waals surface area contributed by atoms with Gasteiger partial charge in [0.1, 0.15) is 6.04 Å². The first-order valence-electron chi connectivity index (χ1n) is 7.17. The number of hydrogen-bond acceptors (Lipinski definition) is 3. The van der Waals surface area contributed by atoms with E-state index in [1.807, 2.05) is 13.3 Å². The van der Waals surface area contributed by atoms with Crippen LogP contribution in [-0.2, 0) is 16.1 Å². The summed E-state index contributed by atoms with van der Waals surface area (Å²) >= 11 is 0. The molecule has 0 unspecified atom stereocenters. The van der Waals surface area contributed by atoms with Crippen molar-refractivity contribution in [1.29, 1.82) is 0 Å². The smallest absolute Gasteiger partial charge is 0.242 e. The molecule has 110 valence electrons. The van der Waals surface area contributed by atoms with Gasteiger partial charge >= 0.3 is 0 Å². The lowest BCUT2D eigenvalue weighted by Crippen LogP contribution is -2.45. The molecule has 2 N–H and O–H groups in total. The Bertz CT molecular complexity index is 479. The van der Waals surface area contributed by atoms with Gasteiger partial charge in [0.25, 0.3) is 0 Å². The molecular weight excluding hydrogens is 256 g/mol. The fourth-order valence-electron chi connectivity index (χ4n) is 2.25. The van der Waals surface area contributed by atoms with Crippen molar-refractivity contribution in [1.82, 2.24) is 20.2 Å². The quantitative estimate of drug-likeness (QED) is 0.785. The largest absolute Gasteiger partial charge is 0.349 e. The Morgan fingerprint density at radius 3 is 2.85 bits per heavy atom. The maximum absolute atomic E-state index is 12.1. The molecule has 1 atom stereocenters. The van der Waals surface area contributed by atoms with Gasteiger partial charge in [-0.3, -0.25) is 9.59 Å². The number of nitrogens with one attached hydrogen (secondary N) is 2. The number of amides is 2. The Balaban J connectivity index is 1.89. The molecule has 1 fully saturated rings. The van der Waals surface area contributed by atoms with Gasteiger partial charge < -0.3 is 15.2 Å². The first kappa shape index (κ1) is 14.6. The van der Waals surface area contributed by atoms with Crippen molar-refractivity contribution < 1.29 is 9.59 Å². The van der Waals surface area contributed by atoms with Gasteiger partial charge in [-0.1, -0.05) is 13.3 Å². The highest BCUT2D eigenvalue weighted by molar-refractivity contribution is 5.86. The second-order valence-electron chi connectivity index (χ2n) is 5.28. The van der Waals surface area contributed by atoms with Gasteiger partial charge in [-0.25, -0.2) is 4.98 Å². The summed E-state index contributed by atoms with van der Waals surface area (Å²) < 4.78 is 2.12. The molecule has 0 aromatic carbocycles. The van der Waals surface area contributed by atoms with Gasteiger partial charge in [-0.2, -0.15) is 0 Å². The van der Waals surface area contributed by atoms with E-state index in [0.717, 1.165) is 12.1 Å². The Morgan fingerprint density at radius 1 is 1.50 bits per heavy atom. The van der Waals surface area contributed by atoms with Gasteiger partial charge in [0.15, 0.2) is 0 Å². The minimum Gasteiger partial charge on any atom is -0.349 e. The molecule has 2 rings (SSSR count). The van der Waals surface area contributed by atoms with Gasteiger partial charge in [0.05, 0.1) is 18.6 Å². The lowest BCUT2D eigenvalue weighted by molar-refractivity contribution is -0.128. The predicted octanol–water partition coefficient (Wildman–Crippen LogP) is 1.14. The van der Waals surface area contributed by atoms with E-state index in [-0.39, 0.29) is 11.8 Å². The topological polar surface area (TPSA) is 76.0 Å². The van der Waals surface area contributed by atoms with E-state index in [9.17, 15) is 9.59 Å². The van der Waals surface area contributed by atoms with Crippen molar-refractivity contribution in [2.75, 3.05) is 0 Å². The van der Waals surface area contributed by atoms with Crippen LogP contribution >= 0.6 is 0 Å². The van der Waals surface area contributed by atoms with Crippen LogP contribution in [0.15, 0.2) is 12.5 Å². The molecule has 1 aliphatic carbocycles. The first-order valence-corrected chi connectivity index (χ1v) is 7.17. The van der Waals surface area contributed by atoms with Crippen LogP contribution in [0.4, 0.5) is 0 Å². The number of imidazole rings is 1. The highest BCUT2D eigenvalue weighted by Gasteiger charge is 2.25. The van der Waals surface area contributed by atoms with Crippen LogP contribution in [0.1, 0.15) is 51.3 Å². The van der Waals surface area contributed by atoms with Crippen LogP contribution in [-0.4, -0.2) is 27.4 Å². The molecule has 20 heavy (non-hydrogen) atoms. The van der Waals surface area contributed by atoms with Crippen molar-refractivity contribution in [3.05, 3.63) is 18.2 Å². The molecule has 1 aromatic heterocycles. The third kappa shape index (κ3) is 3.82. The first-order chi connectivity index (χ1) is 9.61. The standard InChI is InChI=1S/C14H22N4O2/c1-3-4-13(17-10(2)19)14(20)16-8-12-7-15-9-18(12)11-5-6-11/h7,9,11,13H,3-6,8H2,1-2H3,(H,16,20)(H,17,19)/t13-/m1/s1. The minimum absolute atomic E-state index is 0.134. The van der Waals surface area contributed by atoms with Crippen molar-refractivity contribution in [3.63, 3.8) is 0 Å². The summed E-state index contributed by atoms with van der Waals surface area (Å²) in [6.07, 6.45) is 7.46. The highest BCUT2D eigenvalue weighted by Crippen LogP contribution is 2.35. The maximum Gasteiger partial charge on any atom is 0.242 e. The van der Waals surface area contributed by atoms with Crippen molar-refractivity contribution in [3.8, 4) is 0 Å². The van der Waals surface area contributed by atoms with Gasteiger partial charge in [0.2, 0.25) is 11.8 Å². The van der Waals surface area contributed by atoms with Gasteiger partial charge in [-0.05, 0) is 19.3 Å². The van der Waals surface area contributed by atoms with Crippen molar-refractivity contribution in [2.24, 2.45) is 0 Å². The summed E-state index contributed by atoms with van der Waals surface area (Å²) in [5, 5.41) is 5.57. The number of carbonyl (C=O) groups is 2. The zero-order chi connectivity index (χ0) is 14.5. The molecule has 0 radical (unpaired) electrons. The number of aromatic nitrogens is 2. The monoisotopic (exact) mass is 278 g/mol. The van der Waals surface area contributed by atoms with Crippen LogP contribution in [0, 0.1) is 0 Å². The number of nitrogens with zero attached hydrogens (tertiary/aromatic N) is 2. The molecule has 0 aliphatic heterocycles. The zero-order valence-corrected chi connectivity index (χ0v) is 12.1. The summed E-state index contributed by atoms with van der Waals surface area (Å²) in [6, 6.07) is 0.0981. The van der Waals surface area contributed by atoms with E-state index >= 15 is 0 Å². The van der Waals surface area contributed by atoms with E-state index in [1.165, 1.54) is 19.8 Å². The average Bonchev–Trinajstić information content (AvgIpc) is 3.14. The van der Waals surface area contributed by atoms with Gasteiger partial charge in [-0.15, -0.1) is 0 Å². The zero-order valence-electron chi connectivity index (χ0n) is 12.1. The molecule has 1 aliphatic rings. The minimum atomic E-state index is -0.449. The molecule has 1 saturated carbocycles. The van der Waals surface area contributed by atoms with Crippen molar-refractivity contribution in [2.45, 2.75) is 58.2 Å². The number of carbonyl (C=O) groups excluding carboxylic acids is 2. The third-order valence-corrected chi connectivity index (χ3v) is 3.40. The van der Waals surface area contributed by atoms with E-state index in [2.05, 4.69) is 20.2 Å².